The van der Waals surface area contributed by atoms with Crippen molar-refractivity contribution in [1.29, 1.82) is 0 Å². The number of carboxylic acids is 1. The lowest BCUT2D eigenvalue weighted by atomic mass is 10.1. The van der Waals surface area contributed by atoms with Crippen LogP contribution >= 0.6 is 0 Å². The SMILES string of the molecule is C[C@H](N)C(=O)N(C(=O)OC(C)(C)C)[C@@H](CCCCN)C(=O)O. The molecule has 0 aromatic heterocycles. The number of hydrogen-bond acceptors (Lipinski definition) is 6. The summed E-state index contributed by atoms with van der Waals surface area (Å²) in [6.45, 7) is 6.68. The standard InChI is InChI=1S/C14H27N3O5/c1-9(16)11(18)17(13(21)22-14(2,3)4)10(12(19)20)7-5-6-8-15/h9-10H,5-8,15-16H2,1-4H3,(H,19,20)/t9-,10-/m0/s1. The molecule has 5 N–H and O–H groups in total. The third-order valence-corrected chi connectivity index (χ3v) is 2.75. The highest BCUT2D eigenvalue weighted by Crippen LogP contribution is 2.16. The maximum absolute atomic E-state index is 12.2. The molecule has 0 aliphatic carbocycles. The first kappa shape index (κ1) is 20.3. The number of nitrogens with zero attached hydrogens (tertiary/aromatic N) is 1. The zero-order valence-electron chi connectivity index (χ0n) is 13.7. The monoisotopic (exact) mass is 317 g/mol. The van der Waals surface area contributed by atoms with Crippen molar-refractivity contribution in [1.82, 2.24) is 4.90 Å². The number of unbranched alkanes of at least 4 members (excludes halogenated alkanes) is 1. The van der Waals surface area contributed by atoms with Crippen molar-refractivity contribution < 1.29 is 24.2 Å². The van der Waals surface area contributed by atoms with Gasteiger partial charge in [-0.05, 0) is 53.5 Å². The minimum atomic E-state index is -1.32. The van der Waals surface area contributed by atoms with E-state index in [0.29, 0.717) is 24.3 Å². The number of rotatable bonds is 7. The zero-order chi connectivity index (χ0) is 17.5. The van der Waals surface area contributed by atoms with E-state index < -0.39 is 35.7 Å². The van der Waals surface area contributed by atoms with E-state index in [0.717, 1.165) is 0 Å². The van der Waals surface area contributed by atoms with E-state index in [1.54, 1.807) is 20.8 Å². The number of carbonyl (C=O) groups excluding carboxylic acids is 2. The molecule has 0 fully saturated rings. The predicted molar refractivity (Wildman–Crippen MR) is 81.1 cm³/mol. The molecule has 128 valence electrons. The normalized spacial score (nSPS) is 14.1. The summed E-state index contributed by atoms with van der Waals surface area (Å²) in [6.07, 6.45) is 0.164. The lowest BCUT2D eigenvalue weighted by Gasteiger charge is -2.31. The second-order valence-electron chi connectivity index (χ2n) is 6.12. The van der Waals surface area contributed by atoms with Crippen LogP contribution in [-0.4, -0.2) is 52.2 Å². The van der Waals surface area contributed by atoms with Gasteiger partial charge in [0.05, 0.1) is 6.04 Å². The van der Waals surface area contributed by atoms with Crippen LogP contribution in [0.5, 0.6) is 0 Å². The van der Waals surface area contributed by atoms with Crippen LogP contribution in [0.1, 0.15) is 47.0 Å². The Balaban J connectivity index is 5.37. The van der Waals surface area contributed by atoms with Gasteiger partial charge < -0.3 is 21.3 Å². The van der Waals surface area contributed by atoms with E-state index in [1.165, 1.54) is 6.92 Å². The van der Waals surface area contributed by atoms with Crippen LogP contribution in [-0.2, 0) is 14.3 Å². The van der Waals surface area contributed by atoms with Crippen molar-refractivity contribution in [2.45, 2.75) is 64.6 Å². The van der Waals surface area contributed by atoms with Crippen molar-refractivity contribution in [2.24, 2.45) is 11.5 Å². The van der Waals surface area contributed by atoms with Gasteiger partial charge in [0, 0.05) is 0 Å². The van der Waals surface area contributed by atoms with Crippen LogP contribution in [0.25, 0.3) is 0 Å². The smallest absolute Gasteiger partial charge is 0.417 e. The Labute approximate surface area is 130 Å². The molecule has 0 radical (unpaired) electrons. The molecule has 0 heterocycles. The fourth-order valence-corrected chi connectivity index (χ4v) is 1.75. The second-order valence-corrected chi connectivity index (χ2v) is 6.12. The molecule has 0 aromatic rings. The van der Waals surface area contributed by atoms with Crippen LogP contribution in [0.2, 0.25) is 0 Å². The third-order valence-electron chi connectivity index (χ3n) is 2.75. The predicted octanol–water partition coefficient (Wildman–Crippen LogP) is 0.680. The van der Waals surface area contributed by atoms with Gasteiger partial charge in [-0.3, -0.25) is 4.79 Å². The van der Waals surface area contributed by atoms with Crippen LogP contribution in [0.3, 0.4) is 0 Å². The van der Waals surface area contributed by atoms with Crippen LogP contribution < -0.4 is 11.5 Å². The molecule has 22 heavy (non-hydrogen) atoms. The lowest BCUT2D eigenvalue weighted by Crippen LogP contribution is -2.54. The molecule has 0 rings (SSSR count). The van der Waals surface area contributed by atoms with Gasteiger partial charge in [-0.25, -0.2) is 14.5 Å². The van der Waals surface area contributed by atoms with Gasteiger partial charge in [0.25, 0.3) is 0 Å². The van der Waals surface area contributed by atoms with E-state index in [9.17, 15) is 19.5 Å². The molecule has 0 bridgehead atoms. The average molecular weight is 317 g/mol. The molecular weight excluding hydrogens is 290 g/mol. The quantitative estimate of drug-likeness (QED) is 0.587. The van der Waals surface area contributed by atoms with E-state index in [1.807, 2.05) is 0 Å². The van der Waals surface area contributed by atoms with E-state index in [4.69, 9.17) is 16.2 Å². The summed E-state index contributed by atoms with van der Waals surface area (Å²) in [4.78, 5) is 36.4. The Morgan fingerprint density at radius 1 is 1.23 bits per heavy atom. The molecule has 0 saturated heterocycles. The van der Waals surface area contributed by atoms with Gasteiger partial charge in [-0.1, -0.05) is 0 Å². The Bertz CT molecular complexity index is 404. The molecule has 0 spiro atoms. The zero-order valence-corrected chi connectivity index (χ0v) is 13.7. The van der Waals surface area contributed by atoms with Gasteiger partial charge in [-0.15, -0.1) is 0 Å². The van der Waals surface area contributed by atoms with Gasteiger partial charge in [0.2, 0.25) is 5.91 Å². The average Bonchev–Trinajstić information content (AvgIpc) is 2.34. The highest BCUT2D eigenvalue weighted by molar-refractivity contribution is 5.98. The van der Waals surface area contributed by atoms with Crippen molar-refractivity contribution in [3.63, 3.8) is 0 Å². The number of ether oxygens (including phenoxy) is 1. The summed E-state index contributed by atoms with van der Waals surface area (Å²) in [6, 6.07) is -2.33. The Morgan fingerprint density at radius 2 is 1.77 bits per heavy atom. The molecule has 2 atom stereocenters. The van der Waals surface area contributed by atoms with Crippen LogP contribution in [0.15, 0.2) is 0 Å². The summed E-state index contributed by atoms with van der Waals surface area (Å²) in [7, 11) is 0. The molecule has 8 nitrogen and oxygen atoms in total. The molecule has 0 aromatic carbocycles. The number of hydrogen-bond donors (Lipinski definition) is 3. The number of imide groups is 1. The number of carbonyl (C=O) groups is 3. The second kappa shape index (κ2) is 8.70. The third kappa shape index (κ3) is 6.86. The fourth-order valence-electron chi connectivity index (χ4n) is 1.75. The molecule has 2 amide bonds. The summed E-state index contributed by atoms with van der Waals surface area (Å²) in [5.41, 5.74) is 10.0. The van der Waals surface area contributed by atoms with Crippen molar-refractivity contribution in [2.75, 3.05) is 6.54 Å². The fraction of sp³-hybridized carbons (Fsp3) is 0.786. The molecule has 8 heteroatoms. The van der Waals surface area contributed by atoms with Gasteiger partial charge >= 0.3 is 12.1 Å². The molecule has 0 aliphatic rings. The Morgan fingerprint density at radius 3 is 2.14 bits per heavy atom. The maximum atomic E-state index is 12.2. The maximum Gasteiger partial charge on any atom is 0.417 e. The van der Waals surface area contributed by atoms with Crippen molar-refractivity contribution in [3.05, 3.63) is 0 Å². The lowest BCUT2D eigenvalue weighted by molar-refractivity contribution is -0.150. The highest BCUT2D eigenvalue weighted by atomic mass is 16.6. The van der Waals surface area contributed by atoms with Crippen LogP contribution in [0, 0.1) is 0 Å². The summed E-state index contributed by atoms with van der Waals surface area (Å²) in [5, 5.41) is 9.35. The largest absolute Gasteiger partial charge is 0.480 e. The number of nitrogens with two attached hydrogens (primary N) is 2. The minimum Gasteiger partial charge on any atom is -0.480 e. The van der Waals surface area contributed by atoms with Crippen molar-refractivity contribution in [3.8, 4) is 0 Å². The topological polar surface area (TPSA) is 136 Å². The van der Waals surface area contributed by atoms with Gasteiger partial charge in [0.1, 0.15) is 11.6 Å². The number of amides is 2. The summed E-state index contributed by atoms with van der Waals surface area (Å²) in [5.74, 6) is -2.06. The van der Waals surface area contributed by atoms with E-state index in [-0.39, 0.29) is 6.42 Å². The molecular formula is C14H27N3O5. The van der Waals surface area contributed by atoms with Crippen LogP contribution in [0.4, 0.5) is 4.79 Å². The van der Waals surface area contributed by atoms with Gasteiger partial charge in [-0.2, -0.15) is 0 Å². The summed E-state index contributed by atoms with van der Waals surface area (Å²) < 4.78 is 5.13. The molecule has 0 unspecified atom stereocenters. The molecule has 0 aliphatic heterocycles. The molecule has 0 saturated carbocycles. The summed E-state index contributed by atoms with van der Waals surface area (Å²) >= 11 is 0. The minimum absolute atomic E-state index is 0.101. The van der Waals surface area contributed by atoms with E-state index in [2.05, 4.69) is 0 Å². The van der Waals surface area contributed by atoms with E-state index >= 15 is 0 Å². The number of aliphatic carboxylic acids is 1. The van der Waals surface area contributed by atoms with Crippen molar-refractivity contribution >= 4 is 18.0 Å². The number of carboxylic acid groups (broad SMARTS) is 1. The Hall–Kier alpha value is -1.67. The first-order valence-corrected chi connectivity index (χ1v) is 7.25. The van der Waals surface area contributed by atoms with Gasteiger partial charge in [0.15, 0.2) is 0 Å². The first-order valence-electron chi connectivity index (χ1n) is 7.25. The highest BCUT2D eigenvalue weighted by Gasteiger charge is 2.38. The first-order chi connectivity index (χ1) is 10.0. The Kier molecular flexibility index (Phi) is 8.04.